The molecule has 0 aliphatic rings. The van der Waals surface area contributed by atoms with Crippen molar-refractivity contribution in [1.82, 2.24) is 0 Å². The largest absolute Gasteiger partial charge is 0.466 e. The molecule has 0 heterocycles. The standard InChI is InChI=1S/C42H80O2/c1-3-5-7-9-11-13-15-17-19-20-21-22-23-24-25-27-29-31-33-35-37-39-41-44-42(43)40-38-36-34-32-30-28-26-18-16-14-12-10-8-6-4-2/h12,14,18,26H,3-11,13,15-17,19-25,27-41H2,1-2H3/b14-12-,26-18-. The summed E-state index contributed by atoms with van der Waals surface area (Å²) in [7, 11) is 0. The van der Waals surface area contributed by atoms with Crippen LogP contribution in [-0.4, -0.2) is 12.6 Å². The summed E-state index contributed by atoms with van der Waals surface area (Å²) in [6.07, 6.45) is 54.1. The summed E-state index contributed by atoms with van der Waals surface area (Å²) < 4.78 is 5.45. The maximum atomic E-state index is 12.0. The maximum absolute atomic E-state index is 12.0. The second-order valence-corrected chi connectivity index (χ2v) is 13.6. The fourth-order valence-electron chi connectivity index (χ4n) is 6.05. The fraction of sp³-hybridized carbons (Fsp3) is 0.881. The predicted octanol–water partition coefficient (Wildman–Crippen LogP) is 14.9. The Bertz CT molecular complexity index is 593. The van der Waals surface area contributed by atoms with Crippen LogP contribution < -0.4 is 0 Å². The molecule has 0 aliphatic carbocycles. The molecule has 2 nitrogen and oxygen atoms in total. The van der Waals surface area contributed by atoms with Crippen LogP contribution in [0.5, 0.6) is 0 Å². The summed E-state index contributed by atoms with van der Waals surface area (Å²) in [5.41, 5.74) is 0. The number of rotatable bonds is 37. The number of hydrogen-bond donors (Lipinski definition) is 0. The van der Waals surface area contributed by atoms with E-state index in [9.17, 15) is 4.79 Å². The van der Waals surface area contributed by atoms with Crippen molar-refractivity contribution in [3.05, 3.63) is 24.3 Å². The van der Waals surface area contributed by atoms with E-state index >= 15 is 0 Å². The lowest BCUT2D eigenvalue weighted by Crippen LogP contribution is -2.05. The van der Waals surface area contributed by atoms with E-state index in [1.54, 1.807) is 0 Å². The third-order valence-corrected chi connectivity index (χ3v) is 9.09. The molecule has 0 spiro atoms. The molecule has 0 amide bonds. The van der Waals surface area contributed by atoms with Gasteiger partial charge < -0.3 is 4.74 Å². The van der Waals surface area contributed by atoms with Crippen molar-refractivity contribution >= 4 is 5.97 Å². The van der Waals surface area contributed by atoms with Crippen LogP contribution in [-0.2, 0) is 9.53 Å². The first kappa shape index (κ1) is 43.0. The van der Waals surface area contributed by atoms with Crippen LogP contribution in [0.25, 0.3) is 0 Å². The Morgan fingerprint density at radius 2 is 0.705 bits per heavy atom. The third kappa shape index (κ3) is 39.0. The topological polar surface area (TPSA) is 26.3 Å². The molecule has 0 atom stereocenters. The Hall–Kier alpha value is -1.05. The smallest absolute Gasteiger partial charge is 0.305 e. The Labute approximate surface area is 278 Å². The molecule has 0 N–H and O–H groups in total. The van der Waals surface area contributed by atoms with Crippen molar-refractivity contribution in [3.63, 3.8) is 0 Å². The average Bonchev–Trinajstić information content (AvgIpc) is 3.03. The fourth-order valence-corrected chi connectivity index (χ4v) is 6.05. The van der Waals surface area contributed by atoms with Gasteiger partial charge in [-0.25, -0.2) is 0 Å². The summed E-state index contributed by atoms with van der Waals surface area (Å²) in [6, 6.07) is 0. The Kier molecular flexibility index (Phi) is 39.0. The minimum atomic E-state index is 0.0131. The molecule has 44 heavy (non-hydrogen) atoms. The van der Waals surface area contributed by atoms with Crippen LogP contribution in [0, 0.1) is 0 Å². The van der Waals surface area contributed by atoms with Gasteiger partial charge in [-0.2, -0.15) is 0 Å². The van der Waals surface area contributed by atoms with E-state index in [2.05, 4.69) is 38.2 Å². The first-order valence-corrected chi connectivity index (χ1v) is 20.3. The van der Waals surface area contributed by atoms with Crippen LogP contribution in [0.1, 0.15) is 232 Å². The second-order valence-electron chi connectivity index (χ2n) is 13.6. The van der Waals surface area contributed by atoms with Gasteiger partial charge in [-0.15, -0.1) is 0 Å². The molecule has 0 aliphatic heterocycles. The average molecular weight is 617 g/mol. The summed E-state index contributed by atoms with van der Waals surface area (Å²) >= 11 is 0. The van der Waals surface area contributed by atoms with Gasteiger partial charge in [-0.05, 0) is 44.9 Å². The second kappa shape index (κ2) is 40.0. The van der Waals surface area contributed by atoms with Crippen LogP contribution in [0.2, 0.25) is 0 Å². The highest BCUT2D eigenvalue weighted by Crippen LogP contribution is 2.15. The molecule has 0 unspecified atom stereocenters. The lowest BCUT2D eigenvalue weighted by Gasteiger charge is -2.06. The lowest BCUT2D eigenvalue weighted by atomic mass is 10.0. The van der Waals surface area contributed by atoms with Gasteiger partial charge in [-0.1, -0.05) is 205 Å². The number of hydrogen-bond acceptors (Lipinski definition) is 2. The van der Waals surface area contributed by atoms with Crippen molar-refractivity contribution in [2.75, 3.05) is 6.61 Å². The quantitative estimate of drug-likeness (QED) is 0.0394. The Morgan fingerprint density at radius 1 is 0.386 bits per heavy atom. The van der Waals surface area contributed by atoms with Crippen LogP contribution in [0.3, 0.4) is 0 Å². The van der Waals surface area contributed by atoms with Gasteiger partial charge in [-0.3, -0.25) is 4.79 Å². The lowest BCUT2D eigenvalue weighted by molar-refractivity contribution is -0.143. The van der Waals surface area contributed by atoms with Gasteiger partial charge in [0.1, 0.15) is 0 Å². The molecule has 0 saturated heterocycles. The van der Waals surface area contributed by atoms with E-state index in [0.29, 0.717) is 13.0 Å². The summed E-state index contributed by atoms with van der Waals surface area (Å²) in [4.78, 5) is 12.0. The van der Waals surface area contributed by atoms with Crippen LogP contribution in [0.4, 0.5) is 0 Å². The zero-order chi connectivity index (χ0) is 31.9. The van der Waals surface area contributed by atoms with Crippen molar-refractivity contribution in [1.29, 1.82) is 0 Å². The van der Waals surface area contributed by atoms with Crippen LogP contribution >= 0.6 is 0 Å². The number of carbonyl (C=O) groups excluding carboxylic acids is 1. The van der Waals surface area contributed by atoms with Gasteiger partial charge in [0.25, 0.3) is 0 Å². The van der Waals surface area contributed by atoms with Gasteiger partial charge in [0.15, 0.2) is 0 Å². The first-order valence-electron chi connectivity index (χ1n) is 20.3. The van der Waals surface area contributed by atoms with Gasteiger partial charge >= 0.3 is 5.97 Å². The van der Waals surface area contributed by atoms with Gasteiger partial charge in [0.05, 0.1) is 6.61 Å². The van der Waals surface area contributed by atoms with E-state index in [1.165, 1.54) is 186 Å². The van der Waals surface area contributed by atoms with Crippen molar-refractivity contribution in [2.24, 2.45) is 0 Å². The van der Waals surface area contributed by atoms with Gasteiger partial charge in [0, 0.05) is 6.42 Å². The molecular formula is C42H80O2. The minimum absolute atomic E-state index is 0.0131. The van der Waals surface area contributed by atoms with Crippen LogP contribution in [0.15, 0.2) is 24.3 Å². The molecule has 0 aromatic carbocycles. The monoisotopic (exact) mass is 617 g/mol. The van der Waals surface area contributed by atoms with E-state index in [1.807, 2.05) is 0 Å². The molecule has 0 saturated carbocycles. The highest BCUT2D eigenvalue weighted by atomic mass is 16.5. The molecule has 0 radical (unpaired) electrons. The number of unbranched alkanes of at least 4 members (excludes halogenated alkanes) is 29. The minimum Gasteiger partial charge on any atom is -0.466 e. The number of allylic oxidation sites excluding steroid dienone is 4. The molecule has 2 heteroatoms. The first-order chi connectivity index (χ1) is 21.8. The van der Waals surface area contributed by atoms with E-state index in [0.717, 1.165) is 25.7 Å². The highest BCUT2D eigenvalue weighted by Gasteiger charge is 2.02. The summed E-state index contributed by atoms with van der Waals surface area (Å²) in [5.74, 6) is 0.0131. The third-order valence-electron chi connectivity index (χ3n) is 9.09. The van der Waals surface area contributed by atoms with Crippen molar-refractivity contribution in [3.8, 4) is 0 Å². The summed E-state index contributed by atoms with van der Waals surface area (Å²) in [5, 5.41) is 0. The molecule has 0 aromatic rings. The number of carbonyl (C=O) groups is 1. The molecular weight excluding hydrogens is 536 g/mol. The molecule has 0 aromatic heterocycles. The Balaban J connectivity index is 3.19. The number of esters is 1. The van der Waals surface area contributed by atoms with E-state index in [4.69, 9.17) is 4.74 Å². The maximum Gasteiger partial charge on any atom is 0.305 e. The van der Waals surface area contributed by atoms with Crippen molar-refractivity contribution in [2.45, 2.75) is 232 Å². The van der Waals surface area contributed by atoms with Gasteiger partial charge in [0.2, 0.25) is 0 Å². The zero-order valence-electron chi connectivity index (χ0n) is 30.4. The molecule has 0 bridgehead atoms. The molecule has 0 fully saturated rings. The molecule has 0 rings (SSSR count). The zero-order valence-corrected chi connectivity index (χ0v) is 30.4. The predicted molar refractivity (Wildman–Crippen MR) is 198 cm³/mol. The SMILES string of the molecule is CCCCC/C=C\C/C=C\CCCCCCCC(=O)OCCCCCCCCCCCCCCCCCCCCCCCC. The summed E-state index contributed by atoms with van der Waals surface area (Å²) in [6.45, 7) is 5.18. The van der Waals surface area contributed by atoms with E-state index in [-0.39, 0.29) is 5.97 Å². The Morgan fingerprint density at radius 3 is 1.14 bits per heavy atom. The highest BCUT2D eigenvalue weighted by molar-refractivity contribution is 5.69. The normalized spacial score (nSPS) is 11.8. The molecule has 260 valence electrons. The van der Waals surface area contributed by atoms with E-state index < -0.39 is 0 Å². The number of ether oxygens (including phenoxy) is 1. The van der Waals surface area contributed by atoms with Crippen molar-refractivity contribution < 1.29 is 9.53 Å².